The summed E-state index contributed by atoms with van der Waals surface area (Å²) in [7, 11) is 0. The van der Waals surface area contributed by atoms with Gasteiger partial charge in [0.05, 0.1) is 6.54 Å². The smallest absolute Gasteiger partial charge is 0.128 e. The molecule has 1 aliphatic rings. The van der Waals surface area contributed by atoms with E-state index in [1.165, 1.54) is 0 Å². The quantitative estimate of drug-likeness (QED) is 0.781. The highest BCUT2D eigenvalue weighted by molar-refractivity contribution is 5.83. The Balaban J connectivity index is 2.03. The van der Waals surface area contributed by atoms with Crippen LogP contribution in [0.2, 0.25) is 0 Å². The Kier molecular flexibility index (Phi) is 3.94. The van der Waals surface area contributed by atoms with Crippen molar-refractivity contribution in [2.75, 3.05) is 19.8 Å². The predicted octanol–water partition coefficient (Wildman–Crippen LogP) is 2.29. The minimum atomic E-state index is 0.0737. The van der Waals surface area contributed by atoms with Crippen LogP contribution in [0.25, 0.3) is 0 Å². The molecular formula is C13H17NO2. The van der Waals surface area contributed by atoms with Gasteiger partial charge in [-0.15, -0.1) is 0 Å². The molecule has 0 radical (unpaired) electrons. The molecular weight excluding hydrogens is 202 g/mol. The first-order chi connectivity index (χ1) is 7.90. The number of rotatable bonds is 3. The van der Waals surface area contributed by atoms with E-state index in [4.69, 9.17) is 9.47 Å². The van der Waals surface area contributed by atoms with Gasteiger partial charge in [-0.1, -0.05) is 19.1 Å². The molecule has 0 aliphatic carbocycles. The van der Waals surface area contributed by atoms with Crippen molar-refractivity contribution in [2.24, 2.45) is 4.99 Å². The number of ether oxygens (including phenoxy) is 2. The van der Waals surface area contributed by atoms with E-state index >= 15 is 0 Å². The van der Waals surface area contributed by atoms with E-state index in [9.17, 15) is 0 Å². The van der Waals surface area contributed by atoms with Crippen LogP contribution < -0.4 is 4.74 Å². The lowest BCUT2D eigenvalue weighted by Crippen LogP contribution is -2.26. The fourth-order valence-electron chi connectivity index (χ4n) is 1.61. The van der Waals surface area contributed by atoms with Gasteiger partial charge in [0.15, 0.2) is 0 Å². The summed E-state index contributed by atoms with van der Waals surface area (Å²) >= 11 is 0. The van der Waals surface area contributed by atoms with E-state index in [-0.39, 0.29) is 6.10 Å². The highest BCUT2D eigenvalue weighted by Gasteiger charge is 2.12. The van der Waals surface area contributed by atoms with Gasteiger partial charge in [0.1, 0.15) is 18.5 Å². The largest absolute Gasteiger partial charge is 0.490 e. The van der Waals surface area contributed by atoms with E-state index in [0.29, 0.717) is 13.2 Å². The third kappa shape index (κ3) is 2.83. The second-order valence-corrected chi connectivity index (χ2v) is 3.84. The molecule has 1 atom stereocenters. The molecule has 0 spiro atoms. The lowest BCUT2D eigenvalue weighted by molar-refractivity contribution is 0.0262. The summed E-state index contributed by atoms with van der Waals surface area (Å²) < 4.78 is 11.4. The molecule has 86 valence electrons. The van der Waals surface area contributed by atoms with E-state index in [1.54, 1.807) is 0 Å². The van der Waals surface area contributed by atoms with Crippen LogP contribution in [0.4, 0.5) is 0 Å². The van der Waals surface area contributed by atoms with Crippen molar-refractivity contribution < 1.29 is 9.47 Å². The molecule has 0 bridgehead atoms. The Morgan fingerprint density at radius 2 is 2.31 bits per heavy atom. The maximum absolute atomic E-state index is 5.72. The molecule has 1 unspecified atom stereocenters. The van der Waals surface area contributed by atoms with E-state index < -0.39 is 0 Å². The number of hydrogen-bond donors (Lipinski definition) is 0. The normalized spacial score (nSPS) is 21.4. The molecule has 0 aromatic heterocycles. The van der Waals surface area contributed by atoms with E-state index in [1.807, 2.05) is 30.5 Å². The van der Waals surface area contributed by atoms with Crippen LogP contribution in [0.5, 0.6) is 5.75 Å². The Bertz CT molecular complexity index is 363. The van der Waals surface area contributed by atoms with Crippen molar-refractivity contribution in [1.29, 1.82) is 0 Å². The zero-order chi connectivity index (χ0) is 11.2. The van der Waals surface area contributed by atoms with Gasteiger partial charge in [-0.3, -0.25) is 4.99 Å². The molecule has 0 N–H and O–H groups in total. The summed E-state index contributed by atoms with van der Waals surface area (Å²) in [5.41, 5.74) is 1.04. The zero-order valence-corrected chi connectivity index (χ0v) is 9.56. The van der Waals surface area contributed by atoms with Gasteiger partial charge in [-0.05, 0) is 18.6 Å². The highest BCUT2D eigenvalue weighted by atomic mass is 16.5. The molecule has 0 fully saturated rings. The van der Waals surface area contributed by atoms with E-state index in [2.05, 4.69) is 11.9 Å². The number of aliphatic imine (C=N–C) groups is 1. The molecule has 1 aromatic rings. The SMILES string of the molecule is CCCOC1C/N=C\c2ccccc2OC1. The monoisotopic (exact) mass is 219 g/mol. The lowest BCUT2D eigenvalue weighted by atomic mass is 10.2. The number of benzene rings is 1. The van der Waals surface area contributed by atoms with Gasteiger partial charge in [0.25, 0.3) is 0 Å². The zero-order valence-electron chi connectivity index (χ0n) is 9.56. The van der Waals surface area contributed by atoms with Crippen molar-refractivity contribution in [2.45, 2.75) is 19.4 Å². The van der Waals surface area contributed by atoms with Gasteiger partial charge in [-0.2, -0.15) is 0 Å². The highest BCUT2D eigenvalue weighted by Crippen LogP contribution is 2.18. The Hall–Kier alpha value is -1.35. The van der Waals surface area contributed by atoms with Gasteiger partial charge in [0, 0.05) is 18.4 Å². The van der Waals surface area contributed by atoms with Crippen molar-refractivity contribution >= 4 is 6.21 Å². The molecule has 0 saturated carbocycles. The van der Waals surface area contributed by atoms with Crippen molar-refractivity contribution in [3.8, 4) is 5.75 Å². The number of para-hydroxylation sites is 1. The fourth-order valence-corrected chi connectivity index (χ4v) is 1.61. The first-order valence-electron chi connectivity index (χ1n) is 5.73. The van der Waals surface area contributed by atoms with Crippen molar-refractivity contribution in [1.82, 2.24) is 0 Å². The van der Waals surface area contributed by atoms with Crippen LogP contribution in [-0.2, 0) is 4.74 Å². The Labute approximate surface area is 96.1 Å². The molecule has 1 heterocycles. The number of fused-ring (bicyclic) bond motifs is 1. The molecule has 1 aliphatic heterocycles. The van der Waals surface area contributed by atoms with Crippen LogP contribution in [0, 0.1) is 0 Å². The van der Waals surface area contributed by atoms with Crippen LogP contribution in [0.1, 0.15) is 18.9 Å². The van der Waals surface area contributed by atoms with Gasteiger partial charge < -0.3 is 9.47 Å². The number of hydrogen-bond acceptors (Lipinski definition) is 3. The molecule has 3 nitrogen and oxygen atoms in total. The molecule has 1 aromatic carbocycles. The van der Waals surface area contributed by atoms with Gasteiger partial charge >= 0.3 is 0 Å². The third-order valence-electron chi connectivity index (χ3n) is 2.44. The first-order valence-corrected chi connectivity index (χ1v) is 5.73. The second-order valence-electron chi connectivity index (χ2n) is 3.84. The van der Waals surface area contributed by atoms with E-state index in [0.717, 1.165) is 24.3 Å². The average molecular weight is 219 g/mol. The topological polar surface area (TPSA) is 30.8 Å². The summed E-state index contributed by atoms with van der Waals surface area (Å²) in [6.07, 6.45) is 2.96. The van der Waals surface area contributed by atoms with Gasteiger partial charge in [0.2, 0.25) is 0 Å². The van der Waals surface area contributed by atoms with Crippen LogP contribution >= 0.6 is 0 Å². The minimum absolute atomic E-state index is 0.0737. The summed E-state index contributed by atoms with van der Waals surface area (Å²) in [5, 5.41) is 0. The third-order valence-corrected chi connectivity index (χ3v) is 2.44. The molecule has 0 amide bonds. The maximum Gasteiger partial charge on any atom is 0.128 e. The van der Waals surface area contributed by atoms with Gasteiger partial charge in [-0.25, -0.2) is 0 Å². The molecule has 2 rings (SSSR count). The van der Waals surface area contributed by atoms with Crippen molar-refractivity contribution in [3.63, 3.8) is 0 Å². The standard InChI is InChI=1S/C13H17NO2/c1-2-7-15-12-9-14-8-11-5-3-4-6-13(11)16-10-12/h3-6,8,12H,2,7,9-10H2,1H3/b14-8-. The molecule has 0 saturated heterocycles. The van der Waals surface area contributed by atoms with Crippen LogP contribution in [0.3, 0.4) is 0 Å². The second kappa shape index (κ2) is 5.66. The van der Waals surface area contributed by atoms with Crippen LogP contribution in [0.15, 0.2) is 29.3 Å². The average Bonchev–Trinajstić information content (AvgIpc) is 2.29. The lowest BCUT2D eigenvalue weighted by Gasteiger charge is -2.19. The summed E-state index contributed by atoms with van der Waals surface area (Å²) in [4.78, 5) is 4.38. The molecule has 16 heavy (non-hydrogen) atoms. The fraction of sp³-hybridized carbons (Fsp3) is 0.462. The Morgan fingerprint density at radius 3 is 3.19 bits per heavy atom. The minimum Gasteiger partial charge on any atom is -0.490 e. The first kappa shape index (κ1) is 11.1. The predicted molar refractivity (Wildman–Crippen MR) is 64.4 cm³/mol. The molecule has 3 heteroatoms. The van der Waals surface area contributed by atoms with Crippen LogP contribution in [-0.4, -0.2) is 32.1 Å². The van der Waals surface area contributed by atoms with Crippen molar-refractivity contribution in [3.05, 3.63) is 29.8 Å². The summed E-state index contributed by atoms with van der Waals surface area (Å²) in [6.45, 7) is 4.12. The maximum atomic E-state index is 5.72. The Morgan fingerprint density at radius 1 is 1.44 bits per heavy atom. The number of nitrogens with zero attached hydrogens (tertiary/aromatic N) is 1. The summed E-state index contributed by atoms with van der Waals surface area (Å²) in [5.74, 6) is 0.885. The summed E-state index contributed by atoms with van der Waals surface area (Å²) in [6, 6.07) is 7.92.